The van der Waals surface area contributed by atoms with Crippen molar-refractivity contribution in [2.45, 2.75) is 55.6 Å². The summed E-state index contributed by atoms with van der Waals surface area (Å²) in [5.74, 6) is 0.433. The summed E-state index contributed by atoms with van der Waals surface area (Å²) in [5.41, 5.74) is 0. The third-order valence-electron chi connectivity index (χ3n) is 6.45. The molecule has 7 nitrogen and oxygen atoms in total. The number of sulfonamides is 1. The van der Waals surface area contributed by atoms with Crippen LogP contribution in [-0.2, 0) is 19.6 Å². The van der Waals surface area contributed by atoms with Gasteiger partial charge in [-0.2, -0.15) is 4.31 Å². The minimum Gasteiger partial charge on any atom is -0.497 e. The lowest BCUT2D eigenvalue weighted by molar-refractivity contribution is -0.154. The van der Waals surface area contributed by atoms with E-state index in [1.165, 1.54) is 4.31 Å². The second kappa shape index (κ2) is 8.62. The third-order valence-corrected chi connectivity index (χ3v) is 8.33. The van der Waals surface area contributed by atoms with Gasteiger partial charge < -0.3 is 14.4 Å². The van der Waals surface area contributed by atoms with Crippen LogP contribution in [0, 0.1) is 5.92 Å². The van der Waals surface area contributed by atoms with Crippen molar-refractivity contribution in [1.82, 2.24) is 9.21 Å². The van der Waals surface area contributed by atoms with Gasteiger partial charge >= 0.3 is 0 Å². The number of carbonyl (C=O) groups is 1. The first-order valence-corrected chi connectivity index (χ1v) is 12.0. The molecule has 1 aromatic rings. The average molecular weight is 423 g/mol. The highest BCUT2D eigenvalue weighted by molar-refractivity contribution is 7.89. The molecular formula is C21H30N2O5S. The Morgan fingerprint density at radius 1 is 1.07 bits per heavy atom. The molecule has 0 radical (unpaired) electrons. The molecule has 3 unspecified atom stereocenters. The molecule has 8 heteroatoms. The quantitative estimate of drug-likeness (QED) is 0.744. The van der Waals surface area contributed by atoms with Gasteiger partial charge in [0.1, 0.15) is 5.75 Å². The lowest BCUT2D eigenvalue weighted by Crippen LogP contribution is -2.57. The van der Waals surface area contributed by atoms with Gasteiger partial charge in [0.05, 0.1) is 36.7 Å². The van der Waals surface area contributed by atoms with Crippen LogP contribution in [0.1, 0.15) is 38.5 Å². The first-order valence-electron chi connectivity index (χ1n) is 10.6. The molecule has 3 atom stereocenters. The van der Waals surface area contributed by atoms with Crippen molar-refractivity contribution in [2.24, 2.45) is 5.92 Å². The largest absolute Gasteiger partial charge is 0.497 e. The Kier molecular flexibility index (Phi) is 6.13. The topological polar surface area (TPSA) is 76.2 Å². The Morgan fingerprint density at radius 2 is 1.83 bits per heavy atom. The van der Waals surface area contributed by atoms with Gasteiger partial charge in [-0.3, -0.25) is 4.79 Å². The number of hydrogen-bond donors (Lipinski definition) is 0. The first kappa shape index (κ1) is 20.6. The molecule has 2 saturated heterocycles. The van der Waals surface area contributed by atoms with Crippen molar-refractivity contribution < 1.29 is 22.7 Å². The van der Waals surface area contributed by atoms with Crippen LogP contribution in [0.2, 0.25) is 0 Å². The number of hydrogen-bond acceptors (Lipinski definition) is 5. The molecule has 2 heterocycles. The van der Waals surface area contributed by atoms with E-state index in [2.05, 4.69) is 0 Å². The highest BCUT2D eigenvalue weighted by atomic mass is 32.2. The molecule has 1 aliphatic carbocycles. The van der Waals surface area contributed by atoms with E-state index >= 15 is 0 Å². The van der Waals surface area contributed by atoms with Crippen molar-refractivity contribution >= 4 is 15.9 Å². The Balaban J connectivity index is 1.47. The summed E-state index contributed by atoms with van der Waals surface area (Å²) < 4.78 is 38.7. The monoisotopic (exact) mass is 422 g/mol. The van der Waals surface area contributed by atoms with Crippen LogP contribution in [-0.4, -0.2) is 69.0 Å². The summed E-state index contributed by atoms with van der Waals surface area (Å²) in [6, 6.07) is 6.58. The van der Waals surface area contributed by atoms with Gasteiger partial charge in [0, 0.05) is 19.6 Å². The van der Waals surface area contributed by atoms with Crippen molar-refractivity contribution in [3.63, 3.8) is 0 Å². The summed E-state index contributed by atoms with van der Waals surface area (Å²) in [4.78, 5) is 15.6. The van der Waals surface area contributed by atoms with Gasteiger partial charge in [-0.15, -0.1) is 0 Å². The maximum absolute atomic E-state index is 13.3. The van der Waals surface area contributed by atoms with Gasteiger partial charge in [0.15, 0.2) is 0 Å². The molecular weight excluding hydrogens is 392 g/mol. The minimum absolute atomic E-state index is 0.0971. The van der Waals surface area contributed by atoms with Gasteiger partial charge in [-0.1, -0.05) is 12.8 Å². The number of rotatable bonds is 4. The molecule has 3 aliphatic rings. The van der Waals surface area contributed by atoms with Crippen molar-refractivity contribution in [2.75, 3.05) is 33.4 Å². The maximum atomic E-state index is 13.3. The van der Waals surface area contributed by atoms with Crippen LogP contribution < -0.4 is 4.74 Å². The number of benzene rings is 1. The molecule has 0 aromatic heterocycles. The smallest absolute Gasteiger partial charge is 0.243 e. The molecule has 1 aromatic carbocycles. The van der Waals surface area contributed by atoms with E-state index in [0.29, 0.717) is 31.9 Å². The molecule has 29 heavy (non-hydrogen) atoms. The molecule has 3 fully saturated rings. The second-order valence-electron chi connectivity index (χ2n) is 8.17. The van der Waals surface area contributed by atoms with Gasteiger partial charge in [0.25, 0.3) is 0 Å². The summed E-state index contributed by atoms with van der Waals surface area (Å²) in [7, 11) is -2.08. The van der Waals surface area contributed by atoms with Crippen LogP contribution in [0.15, 0.2) is 29.2 Å². The molecule has 1 saturated carbocycles. The number of ether oxygens (including phenoxy) is 2. The number of amides is 1. The lowest BCUT2D eigenvalue weighted by Gasteiger charge is -2.45. The normalized spacial score (nSPS) is 28.6. The van der Waals surface area contributed by atoms with E-state index in [1.54, 1.807) is 31.4 Å². The Morgan fingerprint density at radius 3 is 2.59 bits per heavy atom. The minimum atomic E-state index is -3.63. The van der Waals surface area contributed by atoms with Gasteiger partial charge in [-0.25, -0.2) is 8.42 Å². The number of methoxy groups -OCH3 is 1. The van der Waals surface area contributed by atoms with E-state index in [4.69, 9.17) is 9.47 Å². The predicted octanol–water partition coefficient (Wildman–Crippen LogP) is 2.27. The van der Waals surface area contributed by atoms with Gasteiger partial charge in [-0.05, 0) is 49.9 Å². The maximum Gasteiger partial charge on any atom is 0.243 e. The number of morpholine rings is 1. The van der Waals surface area contributed by atoms with E-state index in [1.807, 2.05) is 4.90 Å². The molecule has 160 valence electrons. The molecule has 0 spiro atoms. The van der Waals surface area contributed by atoms with E-state index in [0.717, 1.165) is 32.1 Å². The zero-order valence-electron chi connectivity index (χ0n) is 17.0. The van der Waals surface area contributed by atoms with Crippen LogP contribution in [0.5, 0.6) is 5.75 Å². The number of nitrogens with zero attached hydrogens (tertiary/aromatic N) is 2. The highest BCUT2D eigenvalue weighted by Gasteiger charge is 2.41. The van der Waals surface area contributed by atoms with E-state index in [9.17, 15) is 13.2 Å². The highest BCUT2D eigenvalue weighted by Crippen LogP contribution is 2.32. The second-order valence-corrected chi connectivity index (χ2v) is 10.1. The van der Waals surface area contributed by atoms with Gasteiger partial charge in [0.2, 0.25) is 15.9 Å². The lowest BCUT2D eigenvalue weighted by atomic mass is 9.88. The molecule has 0 N–H and O–H groups in total. The van der Waals surface area contributed by atoms with Crippen molar-refractivity contribution in [3.05, 3.63) is 24.3 Å². The Bertz CT molecular complexity index is 824. The molecule has 1 amide bonds. The SMILES string of the molecule is COc1ccc(S(=O)(=O)N2CCCC(C(=O)N3CCOC4CCCCC43)C2)cc1. The first-order chi connectivity index (χ1) is 14.0. The number of piperidine rings is 1. The zero-order chi connectivity index (χ0) is 20.4. The summed E-state index contributed by atoms with van der Waals surface area (Å²) in [6.45, 7) is 1.89. The molecule has 2 aliphatic heterocycles. The van der Waals surface area contributed by atoms with E-state index < -0.39 is 10.0 Å². The average Bonchev–Trinajstić information content (AvgIpc) is 2.78. The third kappa shape index (κ3) is 4.15. The van der Waals surface area contributed by atoms with E-state index in [-0.39, 0.29) is 35.4 Å². The van der Waals surface area contributed by atoms with Crippen LogP contribution in [0.3, 0.4) is 0 Å². The van der Waals surface area contributed by atoms with Crippen LogP contribution >= 0.6 is 0 Å². The Labute approximate surface area is 173 Å². The predicted molar refractivity (Wildman–Crippen MR) is 108 cm³/mol. The Hall–Kier alpha value is -1.64. The van der Waals surface area contributed by atoms with Crippen LogP contribution in [0.4, 0.5) is 0 Å². The number of fused-ring (bicyclic) bond motifs is 1. The zero-order valence-corrected chi connectivity index (χ0v) is 17.8. The summed E-state index contributed by atoms with van der Waals surface area (Å²) in [5, 5.41) is 0. The van der Waals surface area contributed by atoms with Crippen molar-refractivity contribution in [3.8, 4) is 5.75 Å². The fourth-order valence-electron chi connectivity index (χ4n) is 4.86. The fourth-order valence-corrected chi connectivity index (χ4v) is 6.39. The standard InChI is InChI=1S/C21H30N2O5S/c1-27-17-8-10-18(11-9-17)29(25,26)22-12-4-5-16(15-22)21(24)23-13-14-28-20-7-3-2-6-19(20)23/h8-11,16,19-20H,2-7,12-15H2,1H3. The van der Waals surface area contributed by atoms with Crippen molar-refractivity contribution in [1.29, 1.82) is 0 Å². The number of carbonyl (C=O) groups excluding carboxylic acids is 1. The van der Waals surface area contributed by atoms with Crippen LogP contribution in [0.25, 0.3) is 0 Å². The molecule has 4 rings (SSSR count). The summed E-state index contributed by atoms with van der Waals surface area (Å²) in [6.07, 6.45) is 5.85. The molecule has 0 bridgehead atoms. The summed E-state index contributed by atoms with van der Waals surface area (Å²) >= 11 is 0. The fraction of sp³-hybridized carbons (Fsp3) is 0.667.